The number of aromatic hydroxyl groups is 1. The molecular weight excluding hydrogens is 304 g/mol. The molecule has 0 unspecified atom stereocenters. The van der Waals surface area contributed by atoms with E-state index in [1.54, 1.807) is 12.1 Å². The maximum absolute atomic E-state index is 11.8. The first-order valence-corrected chi connectivity index (χ1v) is 6.84. The van der Waals surface area contributed by atoms with Crippen molar-refractivity contribution in [2.45, 2.75) is 24.7 Å². The Morgan fingerprint density at radius 2 is 1.83 bits per heavy atom. The van der Waals surface area contributed by atoms with Crippen molar-refractivity contribution in [2.24, 2.45) is 0 Å². The molecule has 1 aromatic rings. The van der Waals surface area contributed by atoms with Gasteiger partial charge in [-0.2, -0.15) is 0 Å². The van der Waals surface area contributed by atoms with Crippen molar-refractivity contribution in [3.05, 3.63) is 47.6 Å². The first-order valence-electron chi connectivity index (χ1n) is 6.84. The van der Waals surface area contributed by atoms with Crippen LogP contribution >= 0.6 is 0 Å². The zero-order valence-corrected chi connectivity index (χ0v) is 12.0. The van der Waals surface area contributed by atoms with E-state index in [2.05, 4.69) is 0 Å². The van der Waals surface area contributed by atoms with Gasteiger partial charge in [0, 0.05) is 18.1 Å². The fourth-order valence-electron chi connectivity index (χ4n) is 2.12. The van der Waals surface area contributed by atoms with E-state index in [1.165, 1.54) is 18.2 Å². The van der Waals surface area contributed by atoms with E-state index in [-0.39, 0.29) is 17.7 Å². The molecule has 0 saturated heterocycles. The number of esters is 1. The smallest absolute Gasteiger partial charge is 0.331 e. The lowest BCUT2D eigenvalue weighted by Gasteiger charge is -2.28. The third-order valence-electron chi connectivity index (χ3n) is 3.36. The number of carboxylic acids is 1. The van der Waals surface area contributed by atoms with Gasteiger partial charge in [0.2, 0.25) is 0 Å². The maximum Gasteiger partial charge on any atom is 0.331 e. The van der Waals surface area contributed by atoms with Crippen molar-refractivity contribution in [1.82, 2.24) is 0 Å². The predicted molar refractivity (Wildman–Crippen MR) is 79.4 cm³/mol. The van der Waals surface area contributed by atoms with Gasteiger partial charge in [0.15, 0.2) is 0 Å². The van der Waals surface area contributed by atoms with Crippen LogP contribution in [-0.4, -0.2) is 50.7 Å². The highest BCUT2D eigenvalue weighted by Gasteiger charge is 2.34. The highest BCUT2D eigenvalue weighted by molar-refractivity contribution is 5.88. The highest BCUT2D eigenvalue weighted by Crippen LogP contribution is 2.22. The summed E-state index contributed by atoms with van der Waals surface area (Å²) in [4.78, 5) is 22.7. The molecule has 0 saturated carbocycles. The van der Waals surface area contributed by atoms with Crippen molar-refractivity contribution in [3.63, 3.8) is 0 Å². The molecule has 4 N–H and O–H groups in total. The van der Waals surface area contributed by atoms with Crippen molar-refractivity contribution in [3.8, 4) is 5.75 Å². The molecule has 0 spiro atoms. The lowest BCUT2D eigenvalue weighted by Crippen LogP contribution is -2.43. The van der Waals surface area contributed by atoms with Crippen LogP contribution in [0, 0.1) is 0 Å². The standard InChI is InChI=1S/C16H16O7/c17-11-4-1-9(2-5-11)3-6-14(19)23-13-8-10(16(21)22)7-12(18)15(13)20/h1-6,8,12-13,15,17-18,20H,7H2,(H,21,22)/b6-3+/t12-,13-,15+/m1/s1. The Morgan fingerprint density at radius 1 is 1.17 bits per heavy atom. The van der Waals surface area contributed by atoms with Gasteiger partial charge in [-0.05, 0) is 29.8 Å². The minimum atomic E-state index is -1.39. The number of hydrogen-bond donors (Lipinski definition) is 4. The average Bonchev–Trinajstić information content (AvgIpc) is 2.51. The number of rotatable bonds is 4. The molecule has 122 valence electrons. The third kappa shape index (κ3) is 4.41. The third-order valence-corrected chi connectivity index (χ3v) is 3.36. The van der Waals surface area contributed by atoms with Gasteiger partial charge in [-0.3, -0.25) is 0 Å². The van der Waals surface area contributed by atoms with E-state index in [1.807, 2.05) is 0 Å². The van der Waals surface area contributed by atoms with Crippen molar-refractivity contribution < 1.29 is 34.8 Å². The molecule has 0 aliphatic heterocycles. The summed E-state index contributed by atoms with van der Waals surface area (Å²) >= 11 is 0. The van der Waals surface area contributed by atoms with Gasteiger partial charge >= 0.3 is 11.9 Å². The second-order valence-corrected chi connectivity index (χ2v) is 5.09. The Morgan fingerprint density at radius 3 is 2.43 bits per heavy atom. The molecule has 1 aliphatic carbocycles. The summed E-state index contributed by atoms with van der Waals surface area (Å²) in [6.07, 6.45) is -0.486. The molecule has 1 aliphatic rings. The van der Waals surface area contributed by atoms with Crippen LogP contribution in [0.4, 0.5) is 0 Å². The van der Waals surface area contributed by atoms with Gasteiger partial charge in [-0.1, -0.05) is 12.1 Å². The summed E-state index contributed by atoms with van der Waals surface area (Å²) in [5.41, 5.74) is 0.522. The van der Waals surface area contributed by atoms with Crippen LogP contribution in [-0.2, 0) is 14.3 Å². The average molecular weight is 320 g/mol. The molecule has 2 rings (SSSR count). The Labute approximate surface area is 131 Å². The normalized spacial score (nSPS) is 24.3. The number of aliphatic carboxylic acids is 1. The van der Waals surface area contributed by atoms with E-state index in [0.29, 0.717) is 5.56 Å². The van der Waals surface area contributed by atoms with E-state index >= 15 is 0 Å². The van der Waals surface area contributed by atoms with Crippen molar-refractivity contribution in [1.29, 1.82) is 0 Å². The maximum atomic E-state index is 11.8. The molecule has 3 atom stereocenters. The molecule has 0 aromatic heterocycles. The summed E-state index contributed by atoms with van der Waals surface area (Å²) in [6, 6.07) is 6.07. The summed E-state index contributed by atoms with van der Waals surface area (Å²) in [5.74, 6) is -1.94. The molecule has 7 nitrogen and oxygen atoms in total. The number of aliphatic hydroxyl groups excluding tert-OH is 2. The monoisotopic (exact) mass is 320 g/mol. The molecule has 0 amide bonds. The highest BCUT2D eigenvalue weighted by atomic mass is 16.6. The number of aliphatic hydroxyl groups is 2. The Kier molecular flexibility index (Phi) is 5.15. The van der Waals surface area contributed by atoms with Crippen LogP contribution in [0.1, 0.15) is 12.0 Å². The number of carbonyl (C=O) groups is 2. The number of ether oxygens (including phenoxy) is 1. The van der Waals surface area contributed by atoms with Gasteiger partial charge in [0.05, 0.1) is 6.10 Å². The lowest BCUT2D eigenvalue weighted by molar-refractivity contribution is -0.151. The summed E-state index contributed by atoms with van der Waals surface area (Å²) in [7, 11) is 0. The predicted octanol–water partition coefficient (Wildman–Crippen LogP) is 0.454. The minimum Gasteiger partial charge on any atom is -0.508 e. The zero-order chi connectivity index (χ0) is 17.0. The van der Waals surface area contributed by atoms with Gasteiger partial charge in [-0.25, -0.2) is 9.59 Å². The number of phenolic OH excluding ortho intramolecular Hbond substituents is 1. The van der Waals surface area contributed by atoms with Crippen LogP contribution in [0.2, 0.25) is 0 Å². The quantitative estimate of drug-likeness (QED) is 0.469. The summed E-state index contributed by atoms with van der Waals surface area (Å²) in [6.45, 7) is 0. The molecule has 0 radical (unpaired) electrons. The molecule has 7 heteroatoms. The van der Waals surface area contributed by atoms with Gasteiger partial charge < -0.3 is 25.2 Å². The number of benzene rings is 1. The molecular formula is C16H16O7. The number of phenols is 1. The van der Waals surface area contributed by atoms with Gasteiger partial charge in [0.25, 0.3) is 0 Å². The van der Waals surface area contributed by atoms with Crippen LogP contribution in [0.3, 0.4) is 0 Å². The largest absolute Gasteiger partial charge is 0.508 e. The van der Waals surface area contributed by atoms with E-state index in [4.69, 9.17) is 14.9 Å². The van der Waals surface area contributed by atoms with E-state index < -0.39 is 30.3 Å². The number of carboxylic acid groups (broad SMARTS) is 1. The second kappa shape index (κ2) is 7.08. The Bertz CT molecular complexity index is 645. The fourth-order valence-corrected chi connectivity index (χ4v) is 2.12. The minimum absolute atomic E-state index is 0.0929. The number of hydrogen-bond acceptors (Lipinski definition) is 6. The molecule has 0 heterocycles. The van der Waals surface area contributed by atoms with Gasteiger partial charge in [0.1, 0.15) is 18.0 Å². The van der Waals surface area contributed by atoms with Crippen molar-refractivity contribution in [2.75, 3.05) is 0 Å². The van der Waals surface area contributed by atoms with Gasteiger partial charge in [-0.15, -0.1) is 0 Å². The lowest BCUT2D eigenvalue weighted by atomic mass is 9.92. The van der Waals surface area contributed by atoms with Crippen LogP contribution in [0.25, 0.3) is 6.08 Å². The number of carbonyl (C=O) groups excluding carboxylic acids is 1. The second-order valence-electron chi connectivity index (χ2n) is 5.09. The topological polar surface area (TPSA) is 124 Å². The molecule has 0 bridgehead atoms. The molecule has 23 heavy (non-hydrogen) atoms. The van der Waals surface area contributed by atoms with Crippen LogP contribution in [0.15, 0.2) is 42.0 Å². The van der Waals surface area contributed by atoms with E-state index in [0.717, 1.165) is 12.2 Å². The fraction of sp³-hybridized carbons (Fsp3) is 0.250. The Balaban J connectivity index is 2.04. The first kappa shape index (κ1) is 16.7. The summed E-state index contributed by atoms with van der Waals surface area (Å²) in [5, 5.41) is 37.5. The van der Waals surface area contributed by atoms with Crippen LogP contribution < -0.4 is 0 Å². The molecule has 0 fully saturated rings. The van der Waals surface area contributed by atoms with Crippen molar-refractivity contribution >= 4 is 18.0 Å². The Hall–Kier alpha value is -2.64. The SMILES string of the molecule is O=C(/C=C/c1ccc(O)cc1)O[C@@H]1C=C(C(=O)O)C[C@@H](O)[C@@H]1O. The van der Waals surface area contributed by atoms with Crippen LogP contribution in [0.5, 0.6) is 5.75 Å². The zero-order valence-electron chi connectivity index (χ0n) is 12.0. The first-order chi connectivity index (χ1) is 10.9. The molecule has 1 aromatic carbocycles. The van der Waals surface area contributed by atoms with E-state index in [9.17, 15) is 19.8 Å². The summed E-state index contributed by atoms with van der Waals surface area (Å²) < 4.78 is 4.98.